The zero-order chi connectivity index (χ0) is 14.3. The Bertz CT molecular complexity index is 404. The van der Waals surface area contributed by atoms with Crippen LogP contribution >= 0.6 is 0 Å². The molecule has 1 unspecified atom stereocenters. The van der Waals surface area contributed by atoms with Crippen LogP contribution in [0.25, 0.3) is 0 Å². The molecule has 0 radical (unpaired) electrons. The van der Waals surface area contributed by atoms with Crippen LogP contribution in [0.2, 0.25) is 0 Å². The molecule has 1 aromatic carbocycles. The number of carbonyl (C=O) groups excluding carboxylic acids is 1. The number of ether oxygens (including phenoxy) is 2. The molecule has 0 amide bonds. The van der Waals surface area contributed by atoms with Crippen molar-refractivity contribution in [3.63, 3.8) is 0 Å². The van der Waals surface area contributed by atoms with Crippen molar-refractivity contribution in [3.8, 4) is 5.75 Å². The molecular formula is C15H23NO3. The Labute approximate surface area is 115 Å². The second kappa shape index (κ2) is 7.79. The third-order valence-electron chi connectivity index (χ3n) is 2.63. The summed E-state index contributed by atoms with van der Waals surface area (Å²) < 4.78 is 10.2. The Morgan fingerprint density at radius 2 is 2.05 bits per heavy atom. The number of hydrogen-bond donors (Lipinski definition) is 1. The predicted octanol–water partition coefficient (Wildman–Crippen LogP) is 2.37. The van der Waals surface area contributed by atoms with E-state index in [0.717, 1.165) is 18.7 Å². The second-order valence-corrected chi connectivity index (χ2v) is 4.96. The van der Waals surface area contributed by atoms with Crippen molar-refractivity contribution in [2.45, 2.75) is 33.4 Å². The van der Waals surface area contributed by atoms with Crippen molar-refractivity contribution in [1.82, 2.24) is 5.32 Å². The molecule has 0 aliphatic heterocycles. The Hall–Kier alpha value is -1.55. The summed E-state index contributed by atoms with van der Waals surface area (Å²) in [6, 6.07) is 7.73. The first-order valence-corrected chi connectivity index (χ1v) is 6.57. The Kier molecular flexibility index (Phi) is 6.36. The van der Waals surface area contributed by atoms with E-state index in [4.69, 9.17) is 4.74 Å². The Morgan fingerprint density at radius 1 is 1.32 bits per heavy atom. The quantitative estimate of drug-likeness (QED) is 0.769. The van der Waals surface area contributed by atoms with Crippen LogP contribution in [0.4, 0.5) is 0 Å². The highest BCUT2D eigenvalue weighted by molar-refractivity contribution is 5.74. The summed E-state index contributed by atoms with van der Waals surface area (Å²) in [4.78, 5) is 11.3. The van der Waals surface area contributed by atoms with Crippen LogP contribution < -0.4 is 10.1 Å². The number of esters is 1. The van der Waals surface area contributed by atoms with Gasteiger partial charge in [0.05, 0.1) is 7.11 Å². The van der Waals surface area contributed by atoms with Gasteiger partial charge >= 0.3 is 5.97 Å². The molecule has 4 nitrogen and oxygen atoms in total. The van der Waals surface area contributed by atoms with Gasteiger partial charge in [0.25, 0.3) is 0 Å². The number of hydrogen-bond acceptors (Lipinski definition) is 4. The number of nitrogens with one attached hydrogen (secondary N) is 1. The average Bonchev–Trinajstić information content (AvgIpc) is 2.37. The molecule has 0 saturated heterocycles. The van der Waals surface area contributed by atoms with E-state index >= 15 is 0 Å². The van der Waals surface area contributed by atoms with Gasteiger partial charge in [-0.15, -0.1) is 0 Å². The molecule has 0 spiro atoms. The SMILES string of the molecule is COC(=O)C(C)Oc1cccc(CNCC(C)C)c1. The van der Waals surface area contributed by atoms with Crippen molar-refractivity contribution >= 4 is 5.97 Å². The van der Waals surface area contributed by atoms with E-state index in [9.17, 15) is 4.79 Å². The molecule has 19 heavy (non-hydrogen) atoms. The minimum absolute atomic E-state index is 0.372. The summed E-state index contributed by atoms with van der Waals surface area (Å²) in [6.07, 6.45) is -0.594. The molecule has 1 rings (SSSR count). The predicted molar refractivity (Wildman–Crippen MR) is 75.1 cm³/mol. The molecule has 0 fully saturated rings. The first-order valence-electron chi connectivity index (χ1n) is 6.57. The van der Waals surface area contributed by atoms with Crippen LogP contribution in [-0.4, -0.2) is 25.7 Å². The summed E-state index contributed by atoms with van der Waals surface area (Å²) >= 11 is 0. The maximum atomic E-state index is 11.3. The van der Waals surface area contributed by atoms with Gasteiger partial charge in [-0.25, -0.2) is 4.79 Å². The largest absolute Gasteiger partial charge is 0.479 e. The van der Waals surface area contributed by atoms with Crippen LogP contribution in [0.1, 0.15) is 26.3 Å². The van der Waals surface area contributed by atoms with Gasteiger partial charge in [-0.3, -0.25) is 0 Å². The molecule has 0 aliphatic rings. The number of carbonyl (C=O) groups is 1. The lowest BCUT2D eigenvalue weighted by Crippen LogP contribution is -2.25. The molecule has 1 atom stereocenters. The van der Waals surface area contributed by atoms with E-state index in [1.807, 2.05) is 24.3 Å². The third-order valence-corrected chi connectivity index (χ3v) is 2.63. The lowest BCUT2D eigenvalue weighted by Gasteiger charge is -2.13. The zero-order valence-corrected chi connectivity index (χ0v) is 12.1. The van der Waals surface area contributed by atoms with Gasteiger partial charge in [-0.1, -0.05) is 26.0 Å². The monoisotopic (exact) mass is 265 g/mol. The van der Waals surface area contributed by atoms with Crippen LogP contribution in [0.3, 0.4) is 0 Å². The third kappa shape index (κ3) is 5.75. The highest BCUT2D eigenvalue weighted by Gasteiger charge is 2.14. The lowest BCUT2D eigenvalue weighted by molar-refractivity contribution is -0.147. The summed E-state index contributed by atoms with van der Waals surface area (Å²) in [5.74, 6) is 0.934. The van der Waals surface area contributed by atoms with Gasteiger partial charge in [0, 0.05) is 6.54 Å². The number of methoxy groups -OCH3 is 1. The first-order chi connectivity index (χ1) is 9.02. The topological polar surface area (TPSA) is 47.6 Å². The summed E-state index contributed by atoms with van der Waals surface area (Å²) in [6.45, 7) is 7.79. The standard InChI is InChI=1S/C15H23NO3/c1-11(2)9-16-10-13-6-5-7-14(8-13)19-12(3)15(17)18-4/h5-8,11-12,16H,9-10H2,1-4H3. The molecule has 1 aromatic rings. The van der Waals surface area contributed by atoms with Crippen LogP contribution in [0.5, 0.6) is 5.75 Å². The minimum atomic E-state index is -0.594. The molecule has 0 aliphatic carbocycles. The van der Waals surface area contributed by atoms with Gasteiger partial charge in [0.2, 0.25) is 0 Å². The van der Waals surface area contributed by atoms with Crippen molar-refractivity contribution < 1.29 is 14.3 Å². The number of benzene rings is 1. The van der Waals surface area contributed by atoms with Gasteiger partial charge in [0.1, 0.15) is 5.75 Å². The van der Waals surface area contributed by atoms with E-state index in [2.05, 4.69) is 23.9 Å². The fourth-order valence-electron chi connectivity index (χ4n) is 1.65. The van der Waals surface area contributed by atoms with Crippen molar-refractivity contribution in [3.05, 3.63) is 29.8 Å². The molecule has 0 saturated carbocycles. The molecule has 1 N–H and O–H groups in total. The van der Waals surface area contributed by atoms with Crippen molar-refractivity contribution in [2.24, 2.45) is 5.92 Å². The fraction of sp³-hybridized carbons (Fsp3) is 0.533. The Balaban J connectivity index is 2.54. The van der Waals surface area contributed by atoms with Gasteiger partial charge in [-0.2, -0.15) is 0 Å². The van der Waals surface area contributed by atoms with Crippen LogP contribution in [0.15, 0.2) is 24.3 Å². The van der Waals surface area contributed by atoms with Crippen LogP contribution in [-0.2, 0) is 16.1 Å². The van der Waals surface area contributed by atoms with E-state index in [-0.39, 0.29) is 5.97 Å². The minimum Gasteiger partial charge on any atom is -0.479 e. The molecule has 0 heterocycles. The van der Waals surface area contributed by atoms with E-state index in [1.54, 1.807) is 6.92 Å². The van der Waals surface area contributed by atoms with E-state index in [1.165, 1.54) is 7.11 Å². The summed E-state index contributed by atoms with van der Waals surface area (Å²) in [7, 11) is 1.36. The molecular weight excluding hydrogens is 242 g/mol. The highest BCUT2D eigenvalue weighted by atomic mass is 16.6. The maximum Gasteiger partial charge on any atom is 0.346 e. The second-order valence-electron chi connectivity index (χ2n) is 4.96. The van der Waals surface area contributed by atoms with Crippen molar-refractivity contribution in [1.29, 1.82) is 0 Å². The lowest BCUT2D eigenvalue weighted by atomic mass is 10.2. The normalized spacial score (nSPS) is 12.3. The van der Waals surface area contributed by atoms with Crippen molar-refractivity contribution in [2.75, 3.05) is 13.7 Å². The zero-order valence-electron chi connectivity index (χ0n) is 12.1. The van der Waals surface area contributed by atoms with Gasteiger partial charge in [-0.05, 0) is 37.1 Å². The molecule has 0 bridgehead atoms. The smallest absolute Gasteiger partial charge is 0.346 e. The number of rotatable bonds is 7. The van der Waals surface area contributed by atoms with Gasteiger partial charge in [0.15, 0.2) is 6.10 Å². The summed E-state index contributed by atoms with van der Waals surface area (Å²) in [5.41, 5.74) is 1.13. The molecule has 0 aromatic heterocycles. The van der Waals surface area contributed by atoms with E-state index in [0.29, 0.717) is 11.7 Å². The highest BCUT2D eigenvalue weighted by Crippen LogP contribution is 2.15. The summed E-state index contributed by atoms with van der Waals surface area (Å²) in [5, 5.41) is 3.37. The Morgan fingerprint density at radius 3 is 2.68 bits per heavy atom. The van der Waals surface area contributed by atoms with Crippen LogP contribution in [0, 0.1) is 5.92 Å². The van der Waals surface area contributed by atoms with E-state index < -0.39 is 6.10 Å². The van der Waals surface area contributed by atoms with Gasteiger partial charge < -0.3 is 14.8 Å². The fourth-order valence-corrected chi connectivity index (χ4v) is 1.65. The molecule has 106 valence electrons. The molecule has 4 heteroatoms. The first kappa shape index (κ1) is 15.5. The average molecular weight is 265 g/mol. The maximum absolute atomic E-state index is 11.3.